The summed E-state index contributed by atoms with van der Waals surface area (Å²) in [5.74, 6) is -0.112. The van der Waals surface area contributed by atoms with Crippen molar-refractivity contribution in [2.45, 2.75) is 13.0 Å². The number of rotatable bonds is 6. The fraction of sp³-hybridized carbons (Fsp3) is 0.308. The van der Waals surface area contributed by atoms with Crippen LogP contribution < -0.4 is 0 Å². The van der Waals surface area contributed by atoms with Crippen molar-refractivity contribution in [3.63, 3.8) is 0 Å². The number of carbonyl (C=O) groups excluding carboxylic acids is 1. The van der Waals surface area contributed by atoms with E-state index in [1.807, 2.05) is 0 Å². The van der Waals surface area contributed by atoms with Gasteiger partial charge in [0, 0.05) is 38.2 Å². The highest BCUT2D eigenvalue weighted by atomic mass is 35.5. The summed E-state index contributed by atoms with van der Waals surface area (Å²) in [6, 6.07) is 4.95. The minimum absolute atomic E-state index is 0.112. The molecule has 2 aromatic rings. The predicted octanol–water partition coefficient (Wildman–Crippen LogP) is 2.20. The molecule has 100 valence electrons. The molecule has 0 spiro atoms. The van der Waals surface area contributed by atoms with Gasteiger partial charge in [-0.3, -0.25) is 9.48 Å². The molecule has 0 aliphatic heterocycles. The lowest BCUT2D eigenvalue weighted by Crippen LogP contribution is -2.13. The van der Waals surface area contributed by atoms with Crippen molar-refractivity contribution in [1.29, 1.82) is 0 Å². The highest BCUT2D eigenvalue weighted by molar-refractivity contribution is 6.29. The number of hydrogen-bond donors (Lipinski definition) is 0. The summed E-state index contributed by atoms with van der Waals surface area (Å²) in [5.41, 5.74) is 1.04. The van der Waals surface area contributed by atoms with Crippen LogP contribution in [0.3, 0.4) is 0 Å². The Labute approximate surface area is 116 Å². The van der Waals surface area contributed by atoms with Crippen LogP contribution >= 0.6 is 11.6 Å². The molecular formula is C13H14ClN3O2. The van der Waals surface area contributed by atoms with E-state index < -0.39 is 0 Å². The number of aromatic nitrogens is 3. The topological polar surface area (TPSA) is 57.0 Å². The molecule has 0 saturated heterocycles. The van der Waals surface area contributed by atoms with Gasteiger partial charge in [0.2, 0.25) is 5.78 Å². The number of methoxy groups -OCH3 is 1. The van der Waals surface area contributed by atoms with E-state index in [0.717, 1.165) is 6.42 Å². The van der Waals surface area contributed by atoms with E-state index in [1.165, 1.54) is 6.20 Å². The van der Waals surface area contributed by atoms with Gasteiger partial charge in [-0.15, -0.1) is 0 Å². The van der Waals surface area contributed by atoms with Crippen LogP contribution in [-0.4, -0.2) is 34.3 Å². The van der Waals surface area contributed by atoms with Crippen molar-refractivity contribution >= 4 is 17.4 Å². The number of aryl methyl sites for hydroxylation is 1. The first-order valence-electron chi connectivity index (χ1n) is 5.89. The second-order valence-electron chi connectivity index (χ2n) is 3.98. The zero-order valence-electron chi connectivity index (χ0n) is 10.5. The van der Waals surface area contributed by atoms with Crippen LogP contribution in [0.1, 0.15) is 22.5 Å². The molecular weight excluding hydrogens is 266 g/mol. The Morgan fingerprint density at radius 1 is 1.42 bits per heavy atom. The predicted molar refractivity (Wildman–Crippen MR) is 71.4 cm³/mol. The molecule has 0 fully saturated rings. The van der Waals surface area contributed by atoms with Gasteiger partial charge in [0.25, 0.3) is 0 Å². The van der Waals surface area contributed by atoms with Gasteiger partial charge in [-0.05, 0) is 24.6 Å². The van der Waals surface area contributed by atoms with Crippen molar-refractivity contribution in [2.24, 2.45) is 0 Å². The molecule has 2 aromatic heterocycles. The van der Waals surface area contributed by atoms with Crippen molar-refractivity contribution in [1.82, 2.24) is 14.8 Å². The number of nitrogens with zero attached hydrogens (tertiary/aromatic N) is 3. The summed E-state index contributed by atoms with van der Waals surface area (Å²) in [4.78, 5) is 16.2. The maximum Gasteiger partial charge on any atom is 0.212 e. The maximum atomic E-state index is 12.3. The average Bonchev–Trinajstić information content (AvgIpc) is 2.87. The summed E-state index contributed by atoms with van der Waals surface area (Å²) in [6.45, 7) is 1.28. The standard InChI is InChI=1S/C13H14ClN3O2/c1-19-8-2-7-17-11(5-6-16-17)13(18)10-3-4-12(14)15-9-10/h3-6,9H,2,7-8H2,1H3. The van der Waals surface area contributed by atoms with Gasteiger partial charge in [0.15, 0.2) is 0 Å². The molecule has 0 amide bonds. The van der Waals surface area contributed by atoms with Crippen molar-refractivity contribution < 1.29 is 9.53 Å². The van der Waals surface area contributed by atoms with Gasteiger partial charge in [-0.2, -0.15) is 5.10 Å². The quantitative estimate of drug-likeness (QED) is 0.462. The first-order chi connectivity index (χ1) is 9.22. The molecule has 0 N–H and O–H groups in total. The summed E-state index contributed by atoms with van der Waals surface area (Å²) in [6.07, 6.45) is 3.89. The lowest BCUT2D eigenvalue weighted by molar-refractivity contribution is 0.102. The van der Waals surface area contributed by atoms with E-state index in [4.69, 9.17) is 16.3 Å². The third kappa shape index (κ3) is 3.39. The first-order valence-corrected chi connectivity index (χ1v) is 6.27. The Morgan fingerprint density at radius 3 is 2.95 bits per heavy atom. The Morgan fingerprint density at radius 2 is 2.26 bits per heavy atom. The number of pyridine rings is 1. The third-order valence-corrected chi connectivity index (χ3v) is 2.88. The van der Waals surface area contributed by atoms with Crippen molar-refractivity contribution in [3.8, 4) is 0 Å². The van der Waals surface area contributed by atoms with Crippen LogP contribution in [-0.2, 0) is 11.3 Å². The Kier molecular flexibility index (Phi) is 4.65. The van der Waals surface area contributed by atoms with Gasteiger partial charge in [-0.25, -0.2) is 4.98 Å². The maximum absolute atomic E-state index is 12.3. The van der Waals surface area contributed by atoms with Crippen molar-refractivity contribution in [3.05, 3.63) is 47.0 Å². The highest BCUT2D eigenvalue weighted by Crippen LogP contribution is 2.11. The molecule has 0 radical (unpaired) electrons. The van der Waals surface area contributed by atoms with E-state index in [-0.39, 0.29) is 5.78 Å². The molecule has 0 saturated carbocycles. The minimum Gasteiger partial charge on any atom is -0.385 e. The van der Waals surface area contributed by atoms with Crippen LogP contribution in [0.25, 0.3) is 0 Å². The summed E-state index contributed by atoms with van der Waals surface area (Å²) >= 11 is 5.70. The van der Waals surface area contributed by atoms with E-state index in [2.05, 4.69) is 10.1 Å². The molecule has 0 atom stereocenters. The van der Waals surface area contributed by atoms with Gasteiger partial charge in [0.1, 0.15) is 10.8 Å². The number of ketones is 1. The van der Waals surface area contributed by atoms with Gasteiger partial charge in [-0.1, -0.05) is 11.6 Å². The van der Waals surface area contributed by atoms with Crippen LogP contribution in [0.4, 0.5) is 0 Å². The fourth-order valence-corrected chi connectivity index (χ4v) is 1.83. The largest absolute Gasteiger partial charge is 0.385 e. The molecule has 0 aliphatic carbocycles. The first kappa shape index (κ1) is 13.7. The van der Waals surface area contributed by atoms with Gasteiger partial charge in [0.05, 0.1) is 0 Å². The highest BCUT2D eigenvalue weighted by Gasteiger charge is 2.14. The van der Waals surface area contributed by atoms with Crippen molar-refractivity contribution in [2.75, 3.05) is 13.7 Å². The van der Waals surface area contributed by atoms with Gasteiger partial charge < -0.3 is 4.74 Å². The third-order valence-electron chi connectivity index (χ3n) is 2.66. The number of ether oxygens (including phenoxy) is 1. The minimum atomic E-state index is -0.112. The van der Waals surface area contributed by atoms with Gasteiger partial charge >= 0.3 is 0 Å². The second kappa shape index (κ2) is 6.45. The van der Waals surface area contributed by atoms with E-state index in [0.29, 0.717) is 29.6 Å². The SMILES string of the molecule is COCCCn1nccc1C(=O)c1ccc(Cl)nc1. The molecule has 6 heteroatoms. The number of hydrogen-bond acceptors (Lipinski definition) is 4. The second-order valence-corrected chi connectivity index (χ2v) is 4.37. The zero-order valence-corrected chi connectivity index (χ0v) is 11.3. The molecule has 5 nitrogen and oxygen atoms in total. The normalized spacial score (nSPS) is 10.6. The van der Waals surface area contributed by atoms with E-state index in [9.17, 15) is 4.79 Å². The molecule has 0 aromatic carbocycles. The van der Waals surface area contributed by atoms with E-state index >= 15 is 0 Å². The molecule has 0 aliphatic rings. The Bertz CT molecular complexity index is 551. The fourth-order valence-electron chi connectivity index (χ4n) is 1.72. The summed E-state index contributed by atoms with van der Waals surface area (Å²) < 4.78 is 6.66. The van der Waals surface area contributed by atoms with Crippen LogP contribution in [0.5, 0.6) is 0 Å². The molecule has 2 rings (SSSR count). The van der Waals surface area contributed by atoms with E-state index in [1.54, 1.807) is 36.2 Å². The number of halogens is 1. The van der Waals surface area contributed by atoms with Crippen LogP contribution in [0.15, 0.2) is 30.6 Å². The number of carbonyl (C=O) groups is 1. The molecule has 0 bridgehead atoms. The monoisotopic (exact) mass is 279 g/mol. The Hall–Kier alpha value is -1.72. The molecule has 19 heavy (non-hydrogen) atoms. The molecule has 2 heterocycles. The Balaban J connectivity index is 2.15. The molecule has 0 unspecified atom stereocenters. The lowest BCUT2D eigenvalue weighted by Gasteiger charge is -2.06. The lowest BCUT2D eigenvalue weighted by atomic mass is 10.1. The van der Waals surface area contributed by atoms with Crippen LogP contribution in [0.2, 0.25) is 5.15 Å². The summed E-state index contributed by atoms with van der Waals surface area (Å²) in [5, 5.41) is 4.51. The summed E-state index contributed by atoms with van der Waals surface area (Å²) in [7, 11) is 1.65. The van der Waals surface area contributed by atoms with Crippen LogP contribution in [0, 0.1) is 0 Å². The smallest absolute Gasteiger partial charge is 0.212 e. The zero-order chi connectivity index (χ0) is 13.7. The average molecular weight is 280 g/mol.